The standard InChI is InChI=1S/C18H22S3/c1-5-19-15-7-9-17(13(3)11-15)21-18-10-8-16(20-6-2)12-14(18)4/h7-12H,5-6H2,1-4H3. The van der Waals surface area contributed by atoms with Crippen molar-refractivity contribution < 1.29 is 0 Å². The first-order valence-electron chi connectivity index (χ1n) is 7.28. The Kier molecular flexibility index (Phi) is 6.59. The Morgan fingerprint density at radius 2 is 1.14 bits per heavy atom. The minimum Gasteiger partial charge on any atom is -0.126 e. The van der Waals surface area contributed by atoms with E-state index in [0.717, 1.165) is 11.5 Å². The molecule has 2 aromatic rings. The molecule has 0 fully saturated rings. The molecule has 112 valence electrons. The Morgan fingerprint density at radius 1 is 0.714 bits per heavy atom. The highest BCUT2D eigenvalue weighted by molar-refractivity contribution is 8.00. The second-order valence-electron chi connectivity index (χ2n) is 4.82. The summed E-state index contributed by atoms with van der Waals surface area (Å²) in [6.45, 7) is 8.81. The predicted octanol–water partition coefficient (Wildman–Crippen LogP) is 6.68. The van der Waals surface area contributed by atoms with Gasteiger partial charge in [0.05, 0.1) is 0 Å². The van der Waals surface area contributed by atoms with Gasteiger partial charge in [0.2, 0.25) is 0 Å². The summed E-state index contributed by atoms with van der Waals surface area (Å²) in [6.07, 6.45) is 0. The SMILES string of the molecule is CCSc1ccc(Sc2ccc(SCC)cc2C)c(C)c1. The van der Waals surface area contributed by atoms with Gasteiger partial charge in [-0.05, 0) is 72.9 Å². The van der Waals surface area contributed by atoms with Crippen LogP contribution >= 0.6 is 35.3 Å². The second kappa shape index (κ2) is 8.21. The van der Waals surface area contributed by atoms with Crippen molar-refractivity contribution in [3.8, 4) is 0 Å². The predicted molar refractivity (Wildman–Crippen MR) is 99.3 cm³/mol. The van der Waals surface area contributed by atoms with Gasteiger partial charge < -0.3 is 0 Å². The quantitative estimate of drug-likeness (QED) is 0.541. The van der Waals surface area contributed by atoms with Gasteiger partial charge >= 0.3 is 0 Å². The van der Waals surface area contributed by atoms with Crippen molar-refractivity contribution in [2.24, 2.45) is 0 Å². The minimum absolute atomic E-state index is 1.13. The fourth-order valence-electron chi connectivity index (χ4n) is 2.10. The molecule has 2 aromatic carbocycles. The smallest absolute Gasteiger partial charge is 0.0152 e. The number of thioether (sulfide) groups is 2. The monoisotopic (exact) mass is 334 g/mol. The molecule has 0 aliphatic rings. The van der Waals surface area contributed by atoms with E-state index in [1.54, 1.807) is 0 Å². The zero-order valence-electron chi connectivity index (χ0n) is 13.1. The molecule has 0 bridgehead atoms. The van der Waals surface area contributed by atoms with E-state index in [1.807, 2.05) is 35.3 Å². The molecule has 0 spiro atoms. The molecule has 0 heterocycles. The van der Waals surface area contributed by atoms with Crippen molar-refractivity contribution in [3.63, 3.8) is 0 Å². The number of benzene rings is 2. The van der Waals surface area contributed by atoms with E-state index < -0.39 is 0 Å². The molecule has 0 aliphatic carbocycles. The van der Waals surface area contributed by atoms with Crippen LogP contribution in [-0.2, 0) is 0 Å². The fraction of sp³-hybridized carbons (Fsp3) is 0.333. The summed E-state index contributed by atoms with van der Waals surface area (Å²) >= 11 is 5.68. The van der Waals surface area contributed by atoms with Gasteiger partial charge in [-0.2, -0.15) is 0 Å². The van der Waals surface area contributed by atoms with E-state index in [-0.39, 0.29) is 0 Å². The van der Waals surface area contributed by atoms with Crippen molar-refractivity contribution in [2.75, 3.05) is 11.5 Å². The van der Waals surface area contributed by atoms with Crippen molar-refractivity contribution in [1.29, 1.82) is 0 Å². The Hall–Kier alpha value is -0.510. The molecule has 0 N–H and O–H groups in total. The molecule has 0 nitrogen and oxygen atoms in total. The number of aryl methyl sites for hydroxylation is 2. The number of hydrogen-bond acceptors (Lipinski definition) is 3. The maximum absolute atomic E-state index is 2.30. The average molecular weight is 335 g/mol. The van der Waals surface area contributed by atoms with E-state index in [0.29, 0.717) is 0 Å². The third kappa shape index (κ3) is 4.73. The molecule has 21 heavy (non-hydrogen) atoms. The fourth-order valence-corrected chi connectivity index (χ4v) is 4.57. The molecular weight excluding hydrogens is 312 g/mol. The molecule has 0 atom stereocenters. The summed E-state index contributed by atoms with van der Waals surface area (Å²) < 4.78 is 0. The van der Waals surface area contributed by atoms with Crippen molar-refractivity contribution in [1.82, 2.24) is 0 Å². The summed E-state index contributed by atoms with van der Waals surface area (Å²) in [5.41, 5.74) is 2.73. The van der Waals surface area contributed by atoms with Crippen molar-refractivity contribution in [3.05, 3.63) is 47.5 Å². The Bertz CT molecular complexity index is 552. The van der Waals surface area contributed by atoms with Crippen LogP contribution in [0.1, 0.15) is 25.0 Å². The minimum atomic E-state index is 1.13. The van der Waals surface area contributed by atoms with Crippen molar-refractivity contribution in [2.45, 2.75) is 47.3 Å². The lowest BCUT2D eigenvalue weighted by atomic mass is 10.2. The third-order valence-corrected chi connectivity index (χ3v) is 6.24. The Labute approximate surface area is 141 Å². The zero-order chi connectivity index (χ0) is 15.2. The van der Waals surface area contributed by atoms with Crippen LogP contribution < -0.4 is 0 Å². The molecule has 0 saturated carbocycles. The average Bonchev–Trinajstić information content (AvgIpc) is 2.45. The summed E-state index contributed by atoms with van der Waals surface area (Å²) in [5.74, 6) is 2.25. The summed E-state index contributed by atoms with van der Waals surface area (Å²) in [4.78, 5) is 5.44. The van der Waals surface area contributed by atoms with E-state index in [2.05, 4.69) is 64.1 Å². The molecule has 0 amide bonds. The van der Waals surface area contributed by atoms with Crippen LogP contribution in [0.2, 0.25) is 0 Å². The lowest BCUT2D eigenvalue weighted by molar-refractivity contribution is 1.21. The van der Waals surface area contributed by atoms with E-state index in [9.17, 15) is 0 Å². The molecule has 0 saturated heterocycles. The van der Waals surface area contributed by atoms with Crippen LogP contribution in [0.4, 0.5) is 0 Å². The Morgan fingerprint density at radius 3 is 1.48 bits per heavy atom. The van der Waals surface area contributed by atoms with Crippen LogP contribution in [0.25, 0.3) is 0 Å². The van der Waals surface area contributed by atoms with Crippen LogP contribution in [0.15, 0.2) is 56.0 Å². The first kappa shape index (κ1) is 16.9. The second-order valence-corrected chi connectivity index (χ2v) is 8.58. The van der Waals surface area contributed by atoms with E-state index >= 15 is 0 Å². The first-order chi connectivity index (χ1) is 10.1. The first-order valence-corrected chi connectivity index (χ1v) is 10.1. The van der Waals surface area contributed by atoms with Gasteiger partial charge in [-0.1, -0.05) is 25.6 Å². The van der Waals surface area contributed by atoms with Crippen molar-refractivity contribution >= 4 is 35.3 Å². The molecule has 0 aliphatic heterocycles. The topological polar surface area (TPSA) is 0 Å². The lowest BCUT2D eigenvalue weighted by Crippen LogP contribution is -1.85. The largest absolute Gasteiger partial charge is 0.126 e. The molecule has 3 heteroatoms. The van der Waals surface area contributed by atoms with Gasteiger partial charge in [0.15, 0.2) is 0 Å². The zero-order valence-corrected chi connectivity index (χ0v) is 15.6. The van der Waals surface area contributed by atoms with Gasteiger partial charge in [0, 0.05) is 19.6 Å². The van der Waals surface area contributed by atoms with Gasteiger partial charge in [0.1, 0.15) is 0 Å². The highest BCUT2D eigenvalue weighted by Gasteiger charge is 2.06. The van der Waals surface area contributed by atoms with Gasteiger partial charge in [-0.25, -0.2) is 0 Å². The maximum atomic E-state index is 2.30. The van der Waals surface area contributed by atoms with Gasteiger partial charge in [-0.15, -0.1) is 23.5 Å². The summed E-state index contributed by atoms with van der Waals surface area (Å²) in [5, 5.41) is 0. The highest BCUT2D eigenvalue weighted by atomic mass is 32.2. The van der Waals surface area contributed by atoms with E-state index in [1.165, 1.54) is 30.7 Å². The van der Waals surface area contributed by atoms with Crippen LogP contribution in [0, 0.1) is 13.8 Å². The normalized spacial score (nSPS) is 10.9. The van der Waals surface area contributed by atoms with Gasteiger partial charge in [0.25, 0.3) is 0 Å². The number of rotatable bonds is 6. The molecule has 0 unspecified atom stereocenters. The summed E-state index contributed by atoms with van der Waals surface area (Å²) in [7, 11) is 0. The van der Waals surface area contributed by atoms with Crippen LogP contribution in [0.3, 0.4) is 0 Å². The molecular formula is C18H22S3. The third-order valence-electron chi connectivity index (χ3n) is 3.13. The van der Waals surface area contributed by atoms with Crippen LogP contribution in [-0.4, -0.2) is 11.5 Å². The molecule has 0 radical (unpaired) electrons. The lowest BCUT2D eigenvalue weighted by Gasteiger charge is -2.11. The maximum Gasteiger partial charge on any atom is 0.0152 e. The summed E-state index contributed by atoms with van der Waals surface area (Å²) in [6, 6.07) is 13.6. The molecule has 0 aromatic heterocycles. The number of hydrogen-bond donors (Lipinski definition) is 0. The highest BCUT2D eigenvalue weighted by Crippen LogP contribution is 2.35. The molecule has 2 rings (SSSR count). The van der Waals surface area contributed by atoms with Gasteiger partial charge in [-0.3, -0.25) is 0 Å². The Balaban J connectivity index is 2.18. The van der Waals surface area contributed by atoms with Crippen LogP contribution in [0.5, 0.6) is 0 Å². The van der Waals surface area contributed by atoms with E-state index in [4.69, 9.17) is 0 Å².